The average Bonchev–Trinajstić information content (AvgIpc) is 3.70. The molecule has 268 valence electrons. The molecule has 1 aliphatic carbocycles. The van der Waals surface area contributed by atoms with Crippen molar-refractivity contribution in [2.45, 2.75) is 33.1 Å². The third kappa shape index (κ3) is 5.46. The maximum atomic E-state index is 6.32. The number of para-hydroxylation sites is 1. The zero-order chi connectivity index (χ0) is 38.0. The Morgan fingerprint density at radius 2 is 0.946 bits per heavy atom. The Balaban J connectivity index is 1.14. The summed E-state index contributed by atoms with van der Waals surface area (Å²) in [5.74, 6) is 0. The van der Waals surface area contributed by atoms with Crippen LogP contribution in [0.5, 0.6) is 0 Å². The molecule has 0 N–H and O–H groups in total. The lowest BCUT2D eigenvalue weighted by molar-refractivity contribution is 0.661. The molecule has 0 spiro atoms. The molecule has 56 heavy (non-hydrogen) atoms. The van der Waals surface area contributed by atoms with E-state index in [0.717, 1.165) is 16.6 Å². The lowest BCUT2D eigenvalue weighted by Crippen LogP contribution is -2.27. The molecule has 0 atom stereocenters. The highest BCUT2D eigenvalue weighted by Crippen LogP contribution is 2.51. The zero-order valence-corrected chi connectivity index (χ0v) is 32.2. The smallest absolute Gasteiger partial charge is 0.136 e. The summed E-state index contributed by atoms with van der Waals surface area (Å²) in [5, 5.41) is 9.66. The number of hydrogen-bond acceptors (Lipinski definition) is 1. The fraction of sp³-hybridized carbons (Fsp3) is 0.0909. The van der Waals surface area contributed by atoms with E-state index in [0.29, 0.717) is 0 Å². The van der Waals surface area contributed by atoms with Crippen LogP contribution in [0.25, 0.3) is 100 Å². The first-order chi connectivity index (χ1) is 27.4. The molecule has 0 amide bonds. The largest absolute Gasteiger partial charge is 0.456 e. The van der Waals surface area contributed by atoms with Crippen molar-refractivity contribution in [1.29, 1.82) is 0 Å². The summed E-state index contributed by atoms with van der Waals surface area (Å²) in [5.41, 5.74) is 14.3. The van der Waals surface area contributed by atoms with E-state index >= 15 is 0 Å². The molecule has 0 saturated carbocycles. The Hall–Kier alpha value is -6.70. The van der Waals surface area contributed by atoms with Gasteiger partial charge in [0, 0.05) is 16.2 Å². The molecular formula is C55H42O. The fourth-order valence-corrected chi connectivity index (χ4v) is 9.14. The van der Waals surface area contributed by atoms with Crippen molar-refractivity contribution < 1.29 is 4.42 Å². The maximum absolute atomic E-state index is 6.32. The molecule has 1 aromatic heterocycles. The molecule has 0 saturated heterocycles. The molecule has 0 aliphatic heterocycles. The molecule has 0 unspecified atom stereocenters. The van der Waals surface area contributed by atoms with E-state index in [1.165, 1.54) is 93.0 Å². The molecule has 9 aromatic rings. The number of benzene rings is 7. The monoisotopic (exact) mass is 718 g/mol. The predicted molar refractivity (Wildman–Crippen MR) is 240 cm³/mol. The SMILES string of the molecule is CC=c1c(-c2ccc3c(c2)-c2cc4cc5oc6ccccc6c5cc4cc2C3(C)C)ccccccc(-c2ccc3cc(-c4ccccc4)ccc3c2)c1=CC. The van der Waals surface area contributed by atoms with Crippen LogP contribution in [0.2, 0.25) is 0 Å². The molecule has 8 aromatic carbocycles. The maximum Gasteiger partial charge on any atom is 0.136 e. The van der Waals surface area contributed by atoms with Crippen molar-refractivity contribution in [2.75, 3.05) is 0 Å². The van der Waals surface area contributed by atoms with Crippen molar-refractivity contribution in [1.82, 2.24) is 0 Å². The minimum Gasteiger partial charge on any atom is -0.456 e. The van der Waals surface area contributed by atoms with E-state index in [4.69, 9.17) is 4.42 Å². The molecular weight excluding hydrogens is 677 g/mol. The van der Waals surface area contributed by atoms with Gasteiger partial charge in [-0.2, -0.15) is 0 Å². The normalized spacial score (nSPS) is 13.7. The number of fused-ring (bicyclic) bond motifs is 8. The van der Waals surface area contributed by atoms with E-state index in [9.17, 15) is 0 Å². The van der Waals surface area contributed by atoms with Crippen LogP contribution in [0, 0.1) is 0 Å². The van der Waals surface area contributed by atoms with Gasteiger partial charge in [0.15, 0.2) is 0 Å². The van der Waals surface area contributed by atoms with Crippen LogP contribution in [0.3, 0.4) is 0 Å². The van der Waals surface area contributed by atoms with Gasteiger partial charge in [-0.05, 0) is 150 Å². The first-order valence-electron chi connectivity index (χ1n) is 19.6. The van der Waals surface area contributed by atoms with E-state index in [2.05, 4.69) is 204 Å². The van der Waals surface area contributed by atoms with Crippen molar-refractivity contribution in [2.24, 2.45) is 0 Å². The van der Waals surface area contributed by atoms with Gasteiger partial charge in [-0.1, -0.05) is 147 Å². The Morgan fingerprint density at radius 1 is 0.375 bits per heavy atom. The lowest BCUT2D eigenvalue weighted by Gasteiger charge is -2.22. The third-order valence-electron chi connectivity index (χ3n) is 12.0. The van der Waals surface area contributed by atoms with Crippen LogP contribution in [-0.2, 0) is 5.41 Å². The summed E-state index contributed by atoms with van der Waals surface area (Å²) in [6, 6.07) is 62.2. The second-order valence-electron chi connectivity index (χ2n) is 15.6. The molecule has 1 nitrogen and oxygen atoms in total. The van der Waals surface area contributed by atoms with Gasteiger partial charge in [-0.3, -0.25) is 0 Å². The van der Waals surface area contributed by atoms with Crippen LogP contribution in [0.1, 0.15) is 38.8 Å². The van der Waals surface area contributed by atoms with Gasteiger partial charge in [0.25, 0.3) is 0 Å². The quantitative estimate of drug-likeness (QED) is 0.177. The topological polar surface area (TPSA) is 13.1 Å². The highest BCUT2D eigenvalue weighted by atomic mass is 16.3. The highest BCUT2D eigenvalue weighted by Gasteiger charge is 2.36. The van der Waals surface area contributed by atoms with Gasteiger partial charge < -0.3 is 4.42 Å². The summed E-state index contributed by atoms with van der Waals surface area (Å²) < 4.78 is 6.32. The summed E-state index contributed by atoms with van der Waals surface area (Å²) in [6.07, 6.45) is 4.55. The Morgan fingerprint density at radius 3 is 1.68 bits per heavy atom. The number of hydrogen-bond donors (Lipinski definition) is 0. The van der Waals surface area contributed by atoms with Crippen molar-refractivity contribution in [3.63, 3.8) is 0 Å². The van der Waals surface area contributed by atoms with Crippen molar-refractivity contribution in [3.05, 3.63) is 191 Å². The summed E-state index contributed by atoms with van der Waals surface area (Å²) in [4.78, 5) is 0. The van der Waals surface area contributed by atoms with Crippen LogP contribution in [-0.4, -0.2) is 0 Å². The molecule has 10 rings (SSSR count). The van der Waals surface area contributed by atoms with Gasteiger partial charge in [0.2, 0.25) is 0 Å². The first-order valence-corrected chi connectivity index (χ1v) is 19.6. The second-order valence-corrected chi connectivity index (χ2v) is 15.6. The molecule has 1 heterocycles. The third-order valence-corrected chi connectivity index (χ3v) is 12.0. The highest BCUT2D eigenvalue weighted by molar-refractivity contribution is 6.11. The average molecular weight is 719 g/mol. The van der Waals surface area contributed by atoms with Gasteiger partial charge in [0.05, 0.1) is 0 Å². The minimum atomic E-state index is -0.133. The Kier molecular flexibility index (Phi) is 8.01. The van der Waals surface area contributed by atoms with Crippen LogP contribution >= 0.6 is 0 Å². The van der Waals surface area contributed by atoms with Gasteiger partial charge >= 0.3 is 0 Å². The Labute approximate surface area is 327 Å². The van der Waals surface area contributed by atoms with Gasteiger partial charge in [-0.15, -0.1) is 0 Å². The standard InChI is InChI=1S/C55H42O/c1-5-43-44(6-2)46(19-13-8-7-12-18-45(43)39-25-24-37-28-36(22-23-38(37)29-39)35-16-10-9-11-17-35)40-26-27-51-48(30-40)49-31-42-34-54-50(47-20-14-15-21-53(47)56-54)32-41(42)33-52(49)55(51,3)4/h5-34H,1-4H3. The van der Waals surface area contributed by atoms with E-state index in [1.807, 2.05) is 6.07 Å². The van der Waals surface area contributed by atoms with Crippen LogP contribution in [0.4, 0.5) is 0 Å². The van der Waals surface area contributed by atoms with Gasteiger partial charge in [0.1, 0.15) is 11.2 Å². The van der Waals surface area contributed by atoms with E-state index in [-0.39, 0.29) is 5.41 Å². The molecule has 0 fully saturated rings. The van der Waals surface area contributed by atoms with E-state index in [1.54, 1.807) is 0 Å². The minimum absolute atomic E-state index is 0.133. The number of rotatable bonds is 3. The molecule has 0 radical (unpaired) electrons. The van der Waals surface area contributed by atoms with Crippen LogP contribution in [0.15, 0.2) is 174 Å². The Bertz CT molecular complexity index is 3230. The second kappa shape index (κ2) is 13.3. The summed E-state index contributed by atoms with van der Waals surface area (Å²) >= 11 is 0. The van der Waals surface area contributed by atoms with Crippen molar-refractivity contribution in [3.8, 4) is 44.5 Å². The first kappa shape index (κ1) is 33.8. The zero-order valence-electron chi connectivity index (χ0n) is 32.2. The molecule has 1 heteroatoms. The molecule has 1 aliphatic rings. The molecule has 0 bridgehead atoms. The number of furan rings is 1. The lowest BCUT2D eigenvalue weighted by atomic mass is 9.81. The van der Waals surface area contributed by atoms with Crippen LogP contribution < -0.4 is 10.4 Å². The van der Waals surface area contributed by atoms with Gasteiger partial charge in [-0.25, -0.2) is 0 Å². The summed E-state index contributed by atoms with van der Waals surface area (Å²) in [6.45, 7) is 9.06. The predicted octanol–water partition coefficient (Wildman–Crippen LogP) is 13.9. The van der Waals surface area contributed by atoms with E-state index < -0.39 is 0 Å². The summed E-state index contributed by atoms with van der Waals surface area (Å²) in [7, 11) is 0. The fourth-order valence-electron chi connectivity index (χ4n) is 9.14. The van der Waals surface area contributed by atoms with Crippen molar-refractivity contribution >= 4 is 55.6 Å².